The zero-order valence-electron chi connectivity index (χ0n) is 6.33. The summed E-state index contributed by atoms with van der Waals surface area (Å²) in [7, 11) is 0. The molecule has 0 N–H and O–H groups in total. The van der Waals surface area contributed by atoms with Crippen LogP contribution in [0.3, 0.4) is 0 Å². The maximum atomic E-state index is 13.1. The second kappa shape index (κ2) is 3.00. The lowest BCUT2D eigenvalue weighted by Crippen LogP contribution is -1.89. The number of hydrogen-bond acceptors (Lipinski definition) is 0. The van der Waals surface area contributed by atoms with Gasteiger partial charge in [-0.05, 0) is 52.4 Å². The number of halogens is 3. The zero-order valence-corrected chi connectivity index (χ0v) is 8.67. The lowest BCUT2D eigenvalue weighted by atomic mass is 10.1. The minimum Gasteiger partial charge on any atom is -0.205 e. The Morgan fingerprint density at radius 2 is 2.17 bits per heavy atom. The van der Waals surface area contributed by atoms with Crippen molar-refractivity contribution in [2.45, 2.75) is 19.3 Å². The molecule has 1 aromatic rings. The fourth-order valence-corrected chi connectivity index (χ4v) is 2.44. The summed E-state index contributed by atoms with van der Waals surface area (Å²) in [6, 6.07) is 1.55. The van der Waals surface area contributed by atoms with Crippen molar-refractivity contribution in [1.29, 1.82) is 0 Å². The molecule has 0 saturated carbocycles. The molecular weight excluding hydrogens is 242 g/mol. The monoisotopic (exact) mass is 248 g/mol. The summed E-state index contributed by atoms with van der Waals surface area (Å²) in [4.78, 5) is 0. The molecule has 0 unspecified atom stereocenters. The van der Waals surface area contributed by atoms with Gasteiger partial charge in [-0.1, -0.05) is 11.6 Å². The lowest BCUT2D eigenvalue weighted by Gasteiger charge is -2.04. The third kappa shape index (κ3) is 1.17. The van der Waals surface area contributed by atoms with Crippen molar-refractivity contribution in [2.75, 3.05) is 0 Å². The van der Waals surface area contributed by atoms with Gasteiger partial charge in [-0.2, -0.15) is 0 Å². The largest absolute Gasteiger partial charge is 0.205 e. The van der Waals surface area contributed by atoms with E-state index in [4.69, 9.17) is 11.6 Å². The normalized spacial score (nSPS) is 14.9. The fraction of sp³-hybridized carbons (Fsp3) is 0.333. The number of fused-ring (bicyclic) bond motifs is 1. The van der Waals surface area contributed by atoms with E-state index in [1.807, 2.05) is 0 Å². The Morgan fingerprint density at radius 3 is 2.92 bits per heavy atom. The van der Waals surface area contributed by atoms with Crippen LogP contribution in [0.5, 0.6) is 0 Å². The number of benzene rings is 1. The Balaban J connectivity index is 2.67. The number of rotatable bonds is 0. The minimum atomic E-state index is -0.316. The third-order valence-electron chi connectivity index (χ3n) is 2.23. The van der Waals surface area contributed by atoms with Crippen LogP contribution in [0.15, 0.2) is 10.5 Å². The Hall–Kier alpha value is -0.0800. The van der Waals surface area contributed by atoms with Gasteiger partial charge in [0.2, 0.25) is 0 Å². The first-order valence-corrected chi connectivity index (χ1v) is 5.02. The lowest BCUT2D eigenvalue weighted by molar-refractivity contribution is 0.625. The van der Waals surface area contributed by atoms with E-state index in [0.29, 0.717) is 0 Å². The van der Waals surface area contributed by atoms with E-state index in [9.17, 15) is 4.39 Å². The van der Waals surface area contributed by atoms with Crippen LogP contribution in [0.25, 0.3) is 0 Å². The summed E-state index contributed by atoms with van der Waals surface area (Å²) in [6.07, 6.45) is 3.09. The molecule has 0 aliphatic heterocycles. The molecule has 0 saturated heterocycles. The summed E-state index contributed by atoms with van der Waals surface area (Å²) in [5.74, 6) is -0.316. The van der Waals surface area contributed by atoms with E-state index in [-0.39, 0.29) is 10.8 Å². The minimum absolute atomic E-state index is 0.218. The van der Waals surface area contributed by atoms with Crippen LogP contribution in [0.1, 0.15) is 17.5 Å². The summed E-state index contributed by atoms with van der Waals surface area (Å²) in [5.41, 5.74) is 2.28. The Morgan fingerprint density at radius 1 is 1.42 bits per heavy atom. The van der Waals surface area contributed by atoms with E-state index in [1.165, 1.54) is 5.56 Å². The summed E-state index contributed by atoms with van der Waals surface area (Å²) < 4.78 is 13.8. The first-order chi connectivity index (χ1) is 5.70. The van der Waals surface area contributed by atoms with Gasteiger partial charge in [-0.3, -0.25) is 0 Å². The highest BCUT2D eigenvalue weighted by atomic mass is 79.9. The highest BCUT2D eigenvalue weighted by Crippen LogP contribution is 2.36. The van der Waals surface area contributed by atoms with Gasteiger partial charge < -0.3 is 0 Å². The molecule has 0 radical (unpaired) electrons. The third-order valence-corrected chi connectivity index (χ3v) is 3.70. The van der Waals surface area contributed by atoms with Crippen molar-refractivity contribution in [1.82, 2.24) is 0 Å². The van der Waals surface area contributed by atoms with Crippen molar-refractivity contribution < 1.29 is 4.39 Å². The van der Waals surface area contributed by atoms with E-state index in [1.54, 1.807) is 6.07 Å². The predicted molar refractivity (Wildman–Crippen MR) is 51.1 cm³/mol. The van der Waals surface area contributed by atoms with Gasteiger partial charge in [-0.15, -0.1) is 0 Å². The Kier molecular flexibility index (Phi) is 2.13. The molecule has 64 valence electrons. The second-order valence-corrected chi connectivity index (χ2v) is 4.15. The standard InChI is InChI=1S/C9H7BrClF/c10-8-6-3-1-2-5(6)4-7(12)9(8)11/h4H,1-3H2. The molecule has 0 nitrogen and oxygen atoms in total. The van der Waals surface area contributed by atoms with Crippen molar-refractivity contribution in [2.24, 2.45) is 0 Å². The van der Waals surface area contributed by atoms with Gasteiger partial charge in [0.25, 0.3) is 0 Å². The van der Waals surface area contributed by atoms with E-state index >= 15 is 0 Å². The molecule has 0 atom stereocenters. The molecule has 1 aromatic carbocycles. The summed E-state index contributed by atoms with van der Waals surface area (Å²) in [6.45, 7) is 0. The number of hydrogen-bond donors (Lipinski definition) is 0. The molecular formula is C9H7BrClF. The van der Waals surface area contributed by atoms with E-state index < -0.39 is 0 Å². The van der Waals surface area contributed by atoms with Gasteiger partial charge in [0.05, 0.1) is 5.02 Å². The highest BCUT2D eigenvalue weighted by molar-refractivity contribution is 9.10. The molecule has 1 aliphatic rings. The van der Waals surface area contributed by atoms with Gasteiger partial charge in [0.15, 0.2) is 0 Å². The van der Waals surface area contributed by atoms with Crippen molar-refractivity contribution in [3.63, 3.8) is 0 Å². The van der Waals surface area contributed by atoms with E-state index in [0.717, 1.165) is 29.3 Å². The Labute approximate surface area is 83.9 Å². The predicted octanol–water partition coefficient (Wildman–Crippen LogP) is 3.73. The Bertz CT molecular complexity index is 336. The van der Waals surface area contributed by atoms with Gasteiger partial charge >= 0.3 is 0 Å². The first-order valence-electron chi connectivity index (χ1n) is 3.85. The molecule has 0 bridgehead atoms. The zero-order chi connectivity index (χ0) is 8.72. The van der Waals surface area contributed by atoms with Crippen LogP contribution in [-0.2, 0) is 12.8 Å². The quantitative estimate of drug-likeness (QED) is 0.615. The van der Waals surface area contributed by atoms with Crippen LogP contribution in [-0.4, -0.2) is 0 Å². The second-order valence-electron chi connectivity index (χ2n) is 2.98. The molecule has 0 aromatic heterocycles. The molecule has 12 heavy (non-hydrogen) atoms. The molecule has 2 rings (SSSR count). The average Bonchev–Trinajstić information content (AvgIpc) is 2.48. The van der Waals surface area contributed by atoms with Gasteiger partial charge in [0.1, 0.15) is 5.82 Å². The topological polar surface area (TPSA) is 0 Å². The van der Waals surface area contributed by atoms with Crippen LogP contribution in [0.2, 0.25) is 5.02 Å². The van der Waals surface area contributed by atoms with Gasteiger partial charge in [-0.25, -0.2) is 4.39 Å². The van der Waals surface area contributed by atoms with Crippen molar-refractivity contribution >= 4 is 27.5 Å². The SMILES string of the molecule is Fc1cc2c(c(Br)c1Cl)CCC2. The smallest absolute Gasteiger partial charge is 0.143 e. The molecule has 3 heteroatoms. The van der Waals surface area contributed by atoms with Crippen molar-refractivity contribution in [3.05, 3.63) is 32.5 Å². The van der Waals surface area contributed by atoms with E-state index in [2.05, 4.69) is 15.9 Å². The van der Waals surface area contributed by atoms with Crippen LogP contribution < -0.4 is 0 Å². The first kappa shape index (κ1) is 8.52. The van der Waals surface area contributed by atoms with Crippen molar-refractivity contribution in [3.8, 4) is 0 Å². The van der Waals surface area contributed by atoms with Gasteiger partial charge in [0, 0.05) is 4.47 Å². The fourth-order valence-electron chi connectivity index (χ4n) is 1.63. The summed E-state index contributed by atoms with van der Waals surface area (Å²) >= 11 is 9.05. The molecule has 1 aliphatic carbocycles. The molecule has 0 fully saturated rings. The highest BCUT2D eigenvalue weighted by Gasteiger charge is 2.18. The molecule has 0 amide bonds. The van der Waals surface area contributed by atoms with Crippen LogP contribution >= 0.6 is 27.5 Å². The maximum Gasteiger partial charge on any atom is 0.143 e. The molecule has 0 spiro atoms. The average molecular weight is 250 g/mol. The molecule has 0 heterocycles. The summed E-state index contributed by atoms with van der Waals surface area (Å²) in [5, 5.41) is 0.218. The maximum absolute atomic E-state index is 13.1. The van der Waals surface area contributed by atoms with Crippen LogP contribution in [0.4, 0.5) is 4.39 Å². The number of aryl methyl sites for hydroxylation is 1. The van der Waals surface area contributed by atoms with Crippen LogP contribution in [0, 0.1) is 5.82 Å².